The summed E-state index contributed by atoms with van der Waals surface area (Å²) in [6.45, 7) is 1.79. The maximum Gasteiger partial charge on any atom is 0.189 e. The summed E-state index contributed by atoms with van der Waals surface area (Å²) in [5.74, 6) is 0.0241. The van der Waals surface area contributed by atoms with E-state index >= 15 is 0 Å². The molecule has 0 spiro atoms. The minimum Gasteiger partial charge on any atom is -0.294 e. The Morgan fingerprint density at radius 2 is 1.79 bits per heavy atom. The Balaban J connectivity index is 2.63. The molecular formula is C12H10O2. The van der Waals surface area contributed by atoms with Gasteiger partial charge in [0.2, 0.25) is 0 Å². The van der Waals surface area contributed by atoms with E-state index in [1.807, 2.05) is 0 Å². The highest BCUT2D eigenvalue weighted by atomic mass is 16.1. The number of ketones is 2. The SMILES string of the molecule is C/C=C1/CC(=O)c2ccccc2C1=O. The van der Waals surface area contributed by atoms with E-state index in [0.29, 0.717) is 16.7 Å². The molecule has 1 aliphatic carbocycles. The van der Waals surface area contributed by atoms with Crippen molar-refractivity contribution in [2.45, 2.75) is 13.3 Å². The zero-order valence-electron chi connectivity index (χ0n) is 7.91. The van der Waals surface area contributed by atoms with E-state index in [2.05, 4.69) is 0 Å². The Morgan fingerprint density at radius 3 is 2.43 bits per heavy atom. The Bertz CT molecular complexity index is 441. The molecule has 0 bridgehead atoms. The highest BCUT2D eigenvalue weighted by molar-refractivity contribution is 6.22. The van der Waals surface area contributed by atoms with Gasteiger partial charge in [-0.2, -0.15) is 0 Å². The highest BCUT2D eigenvalue weighted by Gasteiger charge is 2.26. The molecule has 1 aromatic rings. The summed E-state index contributed by atoms with van der Waals surface area (Å²) >= 11 is 0. The Kier molecular flexibility index (Phi) is 2.04. The van der Waals surface area contributed by atoms with Crippen LogP contribution in [0.15, 0.2) is 35.9 Å². The summed E-state index contributed by atoms with van der Waals surface area (Å²) in [5, 5.41) is 0. The molecule has 2 heteroatoms. The van der Waals surface area contributed by atoms with E-state index in [4.69, 9.17) is 0 Å². The van der Waals surface area contributed by atoms with E-state index in [1.165, 1.54) is 0 Å². The molecule has 0 fully saturated rings. The van der Waals surface area contributed by atoms with E-state index < -0.39 is 0 Å². The average Bonchev–Trinajstić information content (AvgIpc) is 2.23. The number of hydrogen-bond donors (Lipinski definition) is 0. The van der Waals surface area contributed by atoms with Crippen molar-refractivity contribution in [2.24, 2.45) is 0 Å². The third-order valence-corrected chi connectivity index (χ3v) is 2.46. The van der Waals surface area contributed by atoms with Gasteiger partial charge in [0.1, 0.15) is 0 Å². The van der Waals surface area contributed by atoms with E-state index in [0.717, 1.165) is 0 Å². The van der Waals surface area contributed by atoms with Crippen molar-refractivity contribution in [1.29, 1.82) is 0 Å². The fraction of sp³-hybridized carbons (Fsp3) is 0.167. The third-order valence-electron chi connectivity index (χ3n) is 2.46. The minimum atomic E-state index is -0.0114. The third kappa shape index (κ3) is 1.20. The molecule has 0 aromatic heterocycles. The van der Waals surface area contributed by atoms with Crippen molar-refractivity contribution < 1.29 is 9.59 Å². The smallest absolute Gasteiger partial charge is 0.189 e. The van der Waals surface area contributed by atoms with Gasteiger partial charge in [-0.3, -0.25) is 9.59 Å². The molecule has 1 aromatic carbocycles. The van der Waals surface area contributed by atoms with Crippen LogP contribution in [0.5, 0.6) is 0 Å². The molecule has 2 nitrogen and oxygen atoms in total. The lowest BCUT2D eigenvalue weighted by Gasteiger charge is -2.15. The number of benzene rings is 1. The summed E-state index contributed by atoms with van der Waals surface area (Å²) in [5.41, 5.74) is 1.70. The number of fused-ring (bicyclic) bond motifs is 1. The van der Waals surface area contributed by atoms with Crippen LogP contribution in [0, 0.1) is 0 Å². The van der Waals surface area contributed by atoms with Crippen LogP contribution >= 0.6 is 0 Å². The summed E-state index contributed by atoms with van der Waals surface area (Å²) < 4.78 is 0. The largest absolute Gasteiger partial charge is 0.294 e. The zero-order valence-corrected chi connectivity index (χ0v) is 7.91. The lowest BCUT2D eigenvalue weighted by molar-refractivity contribution is 0.0935. The lowest BCUT2D eigenvalue weighted by Crippen LogP contribution is -2.19. The zero-order chi connectivity index (χ0) is 10.1. The van der Waals surface area contributed by atoms with Gasteiger partial charge in [-0.1, -0.05) is 30.3 Å². The molecule has 14 heavy (non-hydrogen) atoms. The average molecular weight is 186 g/mol. The van der Waals surface area contributed by atoms with Crippen LogP contribution in [0.4, 0.5) is 0 Å². The van der Waals surface area contributed by atoms with Gasteiger partial charge in [0.15, 0.2) is 11.6 Å². The Labute approximate surface area is 82.2 Å². The topological polar surface area (TPSA) is 34.1 Å². The quantitative estimate of drug-likeness (QED) is 0.583. The minimum absolute atomic E-state index is 0.0114. The molecule has 0 saturated heterocycles. The second kappa shape index (κ2) is 3.22. The fourth-order valence-corrected chi connectivity index (χ4v) is 1.68. The van der Waals surface area contributed by atoms with Crippen molar-refractivity contribution in [3.63, 3.8) is 0 Å². The molecule has 2 rings (SSSR count). The highest BCUT2D eigenvalue weighted by Crippen LogP contribution is 2.24. The van der Waals surface area contributed by atoms with Gasteiger partial charge in [0.05, 0.1) is 0 Å². The summed E-state index contributed by atoms with van der Waals surface area (Å²) in [6.07, 6.45) is 1.96. The van der Waals surface area contributed by atoms with E-state index in [9.17, 15) is 9.59 Å². The first-order chi connectivity index (χ1) is 6.74. The Morgan fingerprint density at radius 1 is 1.14 bits per heavy atom. The molecule has 0 amide bonds. The molecule has 0 aliphatic heterocycles. The second-order valence-corrected chi connectivity index (χ2v) is 3.29. The lowest BCUT2D eigenvalue weighted by atomic mass is 9.86. The molecule has 0 heterocycles. The molecular weight excluding hydrogens is 176 g/mol. The van der Waals surface area contributed by atoms with Crippen LogP contribution in [0.25, 0.3) is 0 Å². The monoisotopic (exact) mass is 186 g/mol. The molecule has 1 aliphatic rings. The molecule has 0 atom stereocenters. The predicted octanol–water partition coefficient (Wildman–Crippen LogP) is 2.40. The van der Waals surface area contributed by atoms with Crippen LogP contribution in [-0.4, -0.2) is 11.6 Å². The normalized spacial score (nSPS) is 18.5. The molecule has 0 radical (unpaired) electrons. The Hall–Kier alpha value is -1.70. The first kappa shape index (κ1) is 8.88. The van der Waals surface area contributed by atoms with E-state index in [1.54, 1.807) is 37.3 Å². The van der Waals surface area contributed by atoms with Gasteiger partial charge >= 0.3 is 0 Å². The van der Waals surface area contributed by atoms with Crippen LogP contribution in [0.1, 0.15) is 34.1 Å². The van der Waals surface area contributed by atoms with E-state index in [-0.39, 0.29) is 18.0 Å². The number of rotatable bonds is 0. The van der Waals surface area contributed by atoms with Gasteiger partial charge in [0, 0.05) is 23.1 Å². The van der Waals surface area contributed by atoms with Gasteiger partial charge < -0.3 is 0 Å². The fourth-order valence-electron chi connectivity index (χ4n) is 1.68. The van der Waals surface area contributed by atoms with Crippen molar-refractivity contribution in [3.8, 4) is 0 Å². The number of Topliss-reactive ketones (excluding diaryl/α,β-unsaturated/α-hetero) is 2. The number of hydrogen-bond acceptors (Lipinski definition) is 2. The van der Waals surface area contributed by atoms with Gasteiger partial charge in [-0.05, 0) is 6.92 Å². The van der Waals surface area contributed by atoms with Crippen molar-refractivity contribution in [3.05, 3.63) is 47.0 Å². The van der Waals surface area contributed by atoms with Gasteiger partial charge in [-0.25, -0.2) is 0 Å². The number of carbonyl (C=O) groups is 2. The predicted molar refractivity (Wildman–Crippen MR) is 53.5 cm³/mol. The van der Waals surface area contributed by atoms with Crippen LogP contribution in [0.3, 0.4) is 0 Å². The van der Waals surface area contributed by atoms with Crippen LogP contribution < -0.4 is 0 Å². The van der Waals surface area contributed by atoms with Crippen molar-refractivity contribution in [2.75, 3.05) is 0 Å². The van der Waals surface area contributed by atoms with Crippen molar-refractivity contribution in [1.82, 2.24) is 0 Å². The number of allylic oxidation sites excluding steroid dienone is 2. The van der Waals surface area contributed by atoms with Gasteiger partial charge in [0.25, 0.3) is 0 Å². The molecule has 0 N–H and O–H groups in total. The summed E-state index contributed by atoms with van der Waals surface area (Å²) in [6, 6.07) is 6.98. The van der Waals surface area contributed by atoms with Crippen LogP contribution in [-0.2, 0) is 0 Å². The second-order valence-electron chi connectivity index (χ2n) is 3.29. The summed E-state index contributed by atoms with van der Waals surface area (Å²) in [4.78, 5) is 23.4. The number of carbonyl (C=O) groups excluding carboxylic acids is 2. The molecule has 0 unspecified atom stereocenters. The first-order valence-corrected chi connectivity index (χ1v) is 4.56. The van der Waals surface area contributed by atoms with Crippen LogP contribution in [0.2, 0.25) is 0 Å². The standard InChI is InChI=1S/C12H10O2/c1-2-8-7-11(13)9-5-3-4-6-10(9)12(8)14/h2-6H,7H2,1H3/b8-2-. The maximum atomic E-state index is 11.8. The summed E-state index contributed by atoms with van der Waals surface area (Å²) in [7, 11) is 0. The molecule has 0 saturated carbocycles. The molecule has 70 valence electrons. The van der Waals surface area contributed by atoms with Gasteiger partial charge in [-0.15, -0.1) is 0 Å². The first-order valence-electron chi connectivity index (χ1n) is 4.56. The maximum absolute atomic E-state index is 11.8. The van der Waals surface area contributed by atoms with Crippen molar-refractivity contribution >= 4 is 11.6 Å².